The Bertz CT molecular complexity index is 446. The SMILES string of the molecule is CSc1ccc(C(C)NC(C)CN2CCCC2=O)cc1. The fourth-order valence-corrected chi connectivity index (χ4v) is 3.10. The van der Waals surface area contributed by atoms with E-state index in [1.54, 1.807) is 11.8 Å². The molecule has 1 heterocycles. The maximum absolute atomic E-state index is 11.6. The molecule has 20 heavy (non-hydrogen) atoms. The molecule has 1 aromatic rings. The zero-order valence-corrected chi connectivity index (χ0v) is 13.4. The molecule has 1 aliphatic heterocycles. The van der Waals surface area contributed by atoms with Gasteiger partial charge in [-0.1, -0.05) is 12.1 Å². The number of carbonyl (C=O) groups is 1. The minimum Gasteiger partial charge on any atom is -0.341 e. The van der Waals surface area contributed by atoms with Gasteiger partial charge in [-0.2, -0.15) is 0 Å². The Morgan fingerprint density at radius 3 is 2.55 bits per heavy atom. The fourth-order valence-electron chi connectivity index (χ4n) is 2.70. The van der Waals surface area contributed by atoms with Crippen molar-refractivity contribution in [3.63, 3.8) is 0 Å². The zero-order valence-electron chi connectivity index (χ0n) is 12.6. The molecule has 0 radical (unpaired) electrons. The van der Waals surface area contributed by atoms with Crippen LogP contribution < -0.4 is 5.32 Å². The molecule has 0 aromatic heterocycles. The normalized spacial score (nSPS) is 18.4. The molecule has 4 heteroatoms. The summed E-state index contributed by atoms with van der Waals surface area (Å²) in [6, 6.07) is 9.29. The Morgan fingerprint density at radius 2 is 2.00 bits per heavy atom. The summed E-state index contributed by atoms with van der Waals surface area (Å²) in [5.41, 5.74) is 1.29. The Morgan fingerprint density at radius 1 is 1.30 bits per heavy atom. The van der Waals surface area contributed by atoms with Crippen LogP contribution in [0.1, 0.15) is 38.3 Å². The lowest BCUT2D eigenvalue weighted by Crippen LogP contribution is -2.40. The molecule has 1 saturated heterocycles. The first-order chi connectivity index (χ1) is 9.60. The quantitative estimate of drug-likeness (QED) is 0.818. The number of benzene rings is 1. The van der Waals surface area contributed by atoms with Crippen molar-refractivity contribution in [2.45, 2.75) is 43.7 Å². The second-order valence-electron chi connectivity index (χ2n) is 5.51. The van der Waals surface area contributed by atoms with Gasteiger partial charge in [-0.05, 0) is 44.2 Å². The van der Waals surface area contributed by atoms with Crippen molar-refractivity contribution in [2.24, 2.45) is 0 Å². The topological polar surface area (TPSA) is 32.3 Å². The number of nitrogens with zero attached hydrogens (tertiary/aromatic N) is 1. The highest BCUT2D eigenvalue weighted by Gasteiger charge is 2.22. The average molecular weight is 292 g/mol. The average Bonchev–Trinajstić information content (AvgIpc) is 2.84. The van der Waals surface area contributed by atoms with Crippen LogP contribution in [0.15, 0.2) is 29.2 Å². The summed E-state index contributed by atoms with van der Waals surface area (Å²) in [7, 11) is 0. The van der Waals surface area contributed by atoms with E-state index in [1.165, 1.54) is 10.5 Å². The van der Waals surface area contributed by atoms with Gasteiger partial charge in [-0.15, -0.1) is 11.8 Å². The second kappa shape index (κ2) is 7.14. The van der Waals surface area contributed by atoms with Crippen LogP contribution in [0, 0.1) is 0 Å². The van der Waals surface area contributed by atoms with Gasteiger partial charge in [0, 0.05) is 36.5 Å². The van der Waals surface area contributed by atoms with Gasteiger partial charge in [0.2, 0.25) is 5.91 Å². The van der Waals surface area contributed by atoms with Crippen molar-refractivity contribution in [1.29, 1.82) is 0 Å². The highest BCUT2D eigenvalue weighted by molar-refractivity contribution is 7.98. The van der Waals surface area contributed by atoms with E-state index in [2.05, 4.69) is 49.7 Å². The lowest BCUT2D eigenvalue weighted by molar-refractivity contribution is -0.127. The first-order valence-corrected chi connectivity index (χ1v) is 8.50. The summed E-state index contributed by atoms with van der Waals surface area (Å²) in [6.07, 6.45) is 3.82. The first-order valence-electron chi connectivity index (χ1n) is 7.28. The van der Waals surface area contributed by atoms with Crippen LogP contribution in [0.4, 0.5) is 0 Å². The van der Waals surface area contributed by atoms with Crippen LogP contribution in [-0.2, 0) is 4.79 Å². The first kappa shape index (κ1) is 15.4. The third-order valence-electron chi connectivity index (χ3n) is 3.82. The molecule has 0 aliphatic carbocycles. The van der Waals surface area contributed by atoms with Gasteiger partial charge < -0.3 is 10.2 Å². The van der Waals surface area contributed by atoms with Crippen molar-refractivity contribution >= 4 is 17.7 Å². The molecule has 0 bridgehead atoms. The molecular formula is C16H24N2OS. The maximum atomic E-state index is 11.6. The van der Waals surface area contributed by atoms with E-state index in [0.717, 1.165) is 25.9 Å². The molecule has 2 atom stereocenters. The Kier molecular flexibility index (Phi) is 5.49. The summed E-state index contributed by atoms with van der Waals surface area (Å²) in [5.74, 6) is 0.302. The van der Waals surface area contributed by atoms with Gasteiger partial charge in [0.15, 0.2) is 0 Å². The van der Waals surface area contributed by atoms with Crippen LogP contribution in [0.25, 0.3) is 0 Å². The molecule has 1 aromatic carbocycles. The number of nitrogens with one attached hydrogen (secondary N) is 1. The Labute approximate surface area is 126 Å². The molecule has 0 saturated carbocycles. The smallest absolute Gasteiger partial charge is 0.222 e. The third kappa shape index (κ3) is 4.00. The molecule has 1 fully saturated rings. The van der Waals surface area contributed by atoms with Gasteiger partial charge in [-0.3, -0.25) is 4.79 Å². The molecule has 1 amide bonds. The molecule has 1 N–H and O–H groups in total. The lowest BCUT2D eigenvalue weighted by atomic mass is 10.1. The van der Waals surface area contributed by atoms with E-state index in [1.807, 2.05) is 4.90 Å². The Hall–Kier alpha value is -1.00. The molecule has 2 unspecified atom stereocenters. The van der Waals surface area contributed by atoms with Crippen LogP contribution in [0.5, 0.6) is 0 Å². The number of amides is 1. The lowest BCUT2D eigenvalue weighted by Gasteiger charge is -2.25. The molecule has 0 spiro atoms. The largest absolute Gasteiger partial charge is 0.341 e. The van der Waals surface area contributed by atoms with E-state index >= 15 is 0 Å². The number of thioether (sulfide) groups is 1. The minimum absolute atomic E-state index is 0.302. The highest BCUT2D eigenvalue weighted by Crippen LogP contribution is 2.19. The minimum atomic E-state index is 0.302. The highest BCUT2D eigenvalue weighted by atomic mass is 32.2. The molecule has 110 valence electrons. The van der Waals surface area contributed by atoms with E-state index in [9.17, 15) is 4.79 Å². The molecular weight excluding hydrogens is 268 g/mol. The van der Waals surface area contributed by atoms with Crippen molar-refractivity contribution in [3.05, 3.63) is 29.8 Å². The zero-order chi connectivity index (χ0) is 14.5. The van der Waals surface area contributed by atoms with Crippen LogP contribution in [0.2, 0.25) is 0 Å². The molecule has 3 nitrogen and oxygen atoms in total. The van der Waals surface area contributed by atoms with Crippen molar-refractivity contribution in [3.8, 4) is 0 Å². The second-order valence-corrected chi connectivity index (χ2v) is 6.39. The van der Waals surface area contributed by atoms with Crippen molar-refractivity contribution < 1.29 is 4.79 Å². The number of hydrogen-bond donors (Lipinski definition) is 1. The maximum Gasteiger partial charge on any atom is 0.222 e. The monoisotopic (exact) mass is 292 g/mol. The number of carbonyl (C=O) groups excluding carboxylic acids is 1. The van der Waals surface area contributed by atoms with E-state index in [0.29, 0.717) is 18.0 Å². The predicted octanol–water partition coefficient (Wildman–Crippen LogP) is 3.07. The van der Waals surface area contributed by atoms with Crippen molar-refractivity contribution in [2.75, 3.05) is 19.3 Å². The fraction of sp³-hybridized carbons (Fsp3) is 0.562. The Balaban J connectivity index is 1.86. The summed E-state index contributed by atoms with van der Waals surface area (Å²) in [4.78, 5) is 14.9. The van der Waals surface area contributed by atoms with Crippen LogP contribution >= 0.6 is 11.8 Å². The summed E-state index contributed by atoms with van der Waals surface area (Å²) in [5, 5.41) is 3.58. The predicted molar refractivity (Wildman–Crippen MR) is 85.0 cm³/mol. The van der Waals surface area contributed by atoms with Gasteiger partial charge in [0.05, 0.1) is 0 Å². The number of hydrogen-bond acceptors (Lipinski definition) is 3. The molecule has 2 rings (SSSR count). The number of rotatable bonds is 6. The standard InChI is InChI=1S/C16H24N2OS/c1-12(11-18-10-4-5-16(18)19)17-13(2)14-6-8-15(20-3)9-7-14/h6-9,12-13,17H,4-5,10-11H2,1-3H3. The summed E-state index contributed by atoms with van der Waals surface area (Å²) in [6.45, 7) is 6.06. The third-order valence-corrected chi connectivity index (χ3v) is 4.56. The van der Waals surface area contributed by atoms with Gasteiger partial charge in [0.1, 0.15) is 0 Å². The van der Waals surface area contributed by atoms with E-state index < -0.39 is 0 Å². The van der Waals surface area contributed by atoms with Crippen LogP contribution in [-0.4, -0.2) is 36.2 Å². The van der Waals surface area contributed by atoms with E-state index in [4.69, 9.17) is 0 Å². The van der Waals surface area contributed by atoms with Gasteiger partial charge in [0.25, 0.3) is 0 Å². The van der Waals surface area contributed by atoms with Crippen molar-refractivity contribution in [1.82, 2.24) is 10.2 Å². The summed E-state index contributed by atoms with van der Waals surface area (Å²) >= 11 is 1.76. The van der Waals surface area contributed by atoms with E-state index in [-0.39, 0.29) is 0 Å². The number of likely N-dealkylation sites (tertiary alicyclic amines) is 1. The van der Waals surface area contributed by atoms with Gasteiger partial charge in [-0.25, -0.2) is 0 Å². The molecule has 1 aliphatic rings. The van der Waals surface area contributed by atoms with Gasteiger partial charge >= 0.3 is 0 Å². The van der Waals surface area contributed by atoms with Crippen LogP contribution in [0.3, 0.4) is 0 Å². The summed E-state index contributed by atoms with van der Waals surface area (Å²) < 4.78 is 0.